The van der Waals surface area contributed by atoms with Crippen LogP contribution in [-0.2, 0) is 9.59 Å². The van der Waals surface area contributed by atoms with Gasteiger partial charge < -0.3 is 46.0 Å². The number of nitrogens with two attached hydrogens (primary N) is 1. The predicted molar refractivity (Wildman–Crippen MR) is 113 cm³/mol. The number of anilines is 4. The SMILES string of the molecule is [2H]c1c([2H])c(N2CC3CNc4nc(N)[nH]c(=O)c4N3C2)c([2H])c([2H])c1C(=O)N[C@@H](CCC(=O)[O-])C(=O)[O-].[Na+].[Na+]. The smallest absolute Gasteiger partial charge is 0.550 e. The maximum Gasteiger partial charge on any atom is 1.00 e. The molecule has 4 rings (SSSR count). The van der Waals surface area contributed by atoms with E-state index >= 15 is 0 Å². The average Bonchev–Trinajstić information content (AvgIpc) is 3.23. The number of nitrogens with one attached hydrogen (secondary N) is 3. The molecule has 1 amide bonds. The van der Waals surface area contributed by atoms with Gasteiger partial charge >= 0.3 is 59.1 Å². The van der Waals surface area contributed by atoms with Crippen LogP contribution in [0.25, 0.3) is 0 Å². The number of aromatic nitrogens is 2. The van der Waals surface area contributed by atoms with E-state index in [0.29, 0.717) is 6.54 Å². The second kappa shape index (κ2) is 12.1. The molecule has 1 saturated heterocycles. The van der Waals surface area contributed by atoms with Gasteiger partial charge in [-0.25, -0.2) is 0 Å². The molecule has 35 heavy (non-hydrogen) atoms. The van der Waals surface area contributed by atoms with Crippen LogP contribution in [-0.4, -0.2) is 59.7 Å². The average molecular weight is 505 g/mol. The van der Waals surface area contributed by atoms with Crippen LogP contribution in [0, 0.1) is 0 Å². The first-order valence-electron chi connectivity index (χ1n) is 11.9. The van der Waals surface area contributed by atoms with Gasteiger partial charge in [0.25, 0.3) is 11.5 Å². The predicted octanol–water partition coefficient (Wildman–Crippen LogP) is -9.18. The number of amides is 1. The molecule has 2 aliphatic heterocycles. The van der Waals surface area contributed by atoms with Crippen molar-refractivity contribution >= 4 is 41.0 Å². The van der Waals surface area contributed by atoms with Crippen molar-refractivity contribution in [2.45, 2.75) is 24.9 Å². The zero-order valence-corrected chi connectivity index (χ0v) is 23.1. The van der Waals surface area contributed by atoms with Crippen molar-refractivity contribution < 1.29 is 89.2 Å². The maximum absolute atomic E-state index is 12.7. The van der Waals surface area contributed by atoms with E-state index in [2.05, 4.69) is 15.3 Å². The van der Waals surface area contributed by atoms with Gasteiger partial charge in [0.1, 0.15) is 5.69 Å². The van der Waals surface area contributed by atoms with Crippen LogP contribution in [0.1, 0.15) is 28.7 Å². The summed E-state index contributed by atoms with van der Waals surface area (Å²) < 4.78 is 33.5. The molecule has 1 aromatic carbocycles. The summed E-state index contributed by atoms with van der Waals surface area (Å²) in [6, 6.07) is -4.58. The first-order valence-corrected chi connectivity index (χ1v) is 9.87. The Kier molecular flexibility index (Phi) is 8.00. The second-order valence-electron chi connectivity index (χ2n) is 7.50. The van der Waals surface area contributed by atoms with Gasteiger partial charge in [0.2, 0.25) is 5.95 Å². The van der Waals surface area contributed by atoms with Crippen LogP contribution in [0.4, 0.5) is 23.1 Å². The van der Waals surface area contributed by atoms with Gasteiger partial charge in [0.05, 0.1) is 30.2 Å². The summed E-state index contributed by atoms with van der Waals surface area (Å²) in [5, 5.41) is 27.0. The number of benzene rings is 1. The Morgan fingerprint density at radius 3 is 2.57 bits per heavy atom. The Balaban J connectivity index is 0.00000267. The van der Waals surface area contributed by atoms with E-state index in [-0.39, 0.29) is 102 Å². The Hall–Kier alpha value is -2.29. The normalized spacial score (nSPS) is 18.1. The van der Waals surface area contributed by atoms with Crippen LogP contribution in [0.15, 0.2) is 29.0 Å². The van der Waals surface area contributed by atoms with E-state index < -0.39 is 72.0 Å². The molecule has 0 bridgehead atoms. The fraction of sp³-hybridized carbons (Fsp3) is 0.350. The number of H-pyrrole nitrogens is 1. The van der Waals surface area contributed by atoms with Crippen molar-refractivity contribution in [1.29, 1.82) is 0 Å². The Bertz CT molecular complexity index is 1350. The fourth-order valence-electron chi connectivity index (χ4n) is 3.71. The summed E-state index contributed by atoms with van der Waals surface area (Å²) in [7, 11) is 0. The third-order valence-electron chi connectivity index (χ3n) is 5.28. The third-order valence-corrected chi connectivity index (χ3v) is 5.28. The molecule has 0 saturated carbocycles. The first kappa shape index (κ1) is 23.1. The summed E-state index contributed by atoms with van der Waals surface area (Å²) >= 11 is 0. The molecule has 0 spiro atoms. The zero-order chi connectivity index (χ0) is 27.2. The minimum atomic E-state index is -1.78. The number of nitrogen functional groups attached to an aromatic ring is 1. The van der Waals surface area contributed by atoms with Crippen LogP contribution < -0.4 is 101 Å². The third kappa shape index (κ3) is 6.48. The van der Waals surface area contributed by atoms with Crippen LogP contribution in [0.2, 0.25) is 0 Å². The fourth-order valence-corrected chi connectivity index (χ4v) is 3.71. The molecule has 13 nitrogen and oxygen atoms in total. The minimum Gasteiger partial charge on any atom is -0.550 e. The number of carboxylic acids is 2. The monoisotopic (exact) mass is 505 g/mol. The number of carbonyl (C=O) groups excluding carboxylic acids is 3. The number of aliphatic carboxylic acids is 2. The molecule has 2 aliphatic rings. The quantitative estimate of drug-likeness (QED) is 0.261. The van der Waals surface area contributed by atoms with E-state index in [1.165, 1.54) is 4.90 Å². The summed E-state index contributed by atoms with van der Waals surface area (Å²) in [4.78, 5) is 56.9. The summed E-state index contributed by atoms with van der Waals surface area (Å²) in [6.45, 7) is 0.596. The van der Waals surface area contributed by atoms with E-state index in [1.54, 1.807) is 4.90 Å². The number of hydrogen-bond donors (Lipinski definition) is 4. The van der Waals surface area contributed by atoms with Crippen molar-refractivity contribution in [3.8, 4) is 0 Å². The number of carbonyl (C=O) groups is 3. The topological polar surface area (TPSA) is 200 Å². The van der Waals surface area contributed by atoms with Gasteiger partial charge in [-0.2, -0.15) is 4.98 Å². The van der Waals surface area contributed by atoms with Gasteiger partial charge in [-0.15, -0.1) is 0 Å². The van der Waals surface area contributed by atoms with Crippen LogP contribution >= 0.6 is 0 Å². The van der Waals surface area contributed by atoms with Crippen LogP contribution in [0.3, 0.4) is 0 Å². The standard InChI is InChI=1S/C20H23N7O6.2Na/c21-20-24-16-15(18(31)25-20)27-9-26(8-12(27)7-22-16)11-3-1-10(2-4-11)17(30)23-13(19(32)33)5-6-14(28)29;;/h1-4,12-13H,5-9H2,(H,23,30)(H,28,29)(H,32,33)(H4,21,22,24,25,31);;/q;2*+1/p-2/t12?,13-;;/m0../s1/i1D,2D,3D,4D;;. The van der Waals surface area contributed by atoms with Gasteiger partial charge in [-0.1, -0.05) is 0 Å². The number of carboxylic acid groups (broad SMARTS) is 2. The molecule has 5 N–H and O–H groups in total. The Labute approximate surface area is 249 Å². The largest absolute Gasteiger partial charge is 1.00 e. The van der Waals surface area contributed by atoms with Crippen molar-refractivity contribution in [2.75, 3.05) is 40.6 Å². The van der Waals surface area contributed by atoms with Crippen molar-refractivity contribution in [3.05, 3.63) is 40.1 Å². The maximum atomic E-state index is 12.7. The molecule has 1 fully saturated rings. The molecule has 15 heteroatoms. The second-order valence-corrected chi connectivity index (χ2v) is 7.50. The zero-order valence-electron chi connectivity index (χ0n) is 23.1. The van der Waals surface area contributed by atoms with Gasteiger partial charge in [0, 0.05) is 30.3 Å². The minimum absolute atomic E-state index is 0. The van der Waals surface area contributed by atoms with E-state index in [0.717, 1.165) is 0 Å². The van der Waals surface area contributed by atoms with Gasteiger partial charge in [-0.3, -0.25) is 14.6 Å². The Morgan fingerprint density at radius 2 is 1.94 bits per heavy atom. The molecule has 0 radical (unpaired) electrons. The van der Waals surface area contributed by atoms with E-state index in [9.17, 15) is 29.4 Å². The molecule has 174 valence electrons. The molecular formula is C20H21N7Na2O6. The van der Waals surface area contributed by atoms with Crippen molar-refractivity contribution in [1.82, 2.24) is 15.3 Å². The molecule has 2 atom stereocenters. The summed E-state index contributed by atoms with van der Waals surface area (Å²) in [6.07, 6.45) is -1.25. The van der Waals surface area contributed by atoms with E-state index in [1.807, 2.05) is 5.32 Å². The molecular weight excluding hydrogens is 480 g/mol. The first-order chi connectivity index (χ1) is 17.4. The number of rotatable bonds is 7. The van der Waals surface area contributed by atoms with Crippen molar-refractivity contribution in [2.24, 2.45) is 0 Å². The number of aromatic amines is 1. The molecule has 1 unspecified atom stereocenters. The number of fused-ring (bicyclic) bond motifs is 3. The molecule has 0 aliphatic carbocycles. The van der Waals surface area contributed by atoms with E-state index in [4.69, 9.17) is 11.2 Å². The number of hydrogen-bond acceptors (Lipinski definition) is 11. The summed E-state index contributed by atoms with van der Waals surface area (Å²) in [5.41, 5.74) is 4.50. The van der Waals surface area contributed by atoms with Crippen molar-refractivity contribution in [3.63, 3.8) is 0 Å². The molecule has 1 aromatic heterocycles. The molecule has 3 heterocycles. The Morgan fingerprint density at radius 1 is 1.26 bits per heavy atom. The molecule has 2 aromatic rings. The number of nitrogens with zero attached hydrogens (tertiary/aromatic N) is 3. The van der Waals surface area contributed by atoms with Gasteiger partial charge in [0.15, 0.2) is 5.82 Å². The van der Waals surface area contributed by atoms with Crippen LogP contribution in [0.5, 0.6) is 0 Å². The summed E-state index contributed by atoms with van der Waals surface area (Å²) in [5.74, 6) is -4.36. The van der Waals surface area contributed by atoms with Gasteiger partial charge in [-0.05, 0) is 37.0 Å².